The number of nitro benzene ring substituents is 1. The highest BCUT2D eigenvalue weighted by molar-refractivity contribution is 14.1. The number of nitrogens with zero attached hydrogens (tertiary/aromatic N) is 1. The number of hydrogen-bond donors (Lipinski definition) is 0. The summed E-state index contributed by atoms with van der Waals surface area (Å²) in [7, 11) is 0. The summed E-state index contributed by atoms with van der Waals surface area (Å²) in [5.74, 6) is 0. The summed E-state index contributed by atoms with van der Waals surface area (Å²) >= 11 is 4.28. The van der Waals surface area contributed by atoms with Gasteiger partial charge in [-0.25, -0.2) is 0 Å². The molecule has 22 heavy (non-hydrogen) atoms. The molecule has 0 saturated heterocycles. The highest BCUT2D eigenvalue weighted by Gasteiger charge is 2.08. The Bertz CT molecular complexity index is 425. The molecule has 0 aliphatic carbocycles. The molecule has 0 aromatic heterocycles. The van der Waals surface area contributed by atoms with Crippen LogP contribution in [0.15, 0.2) is 29.2 Å². The van der Waals surface area contributed by atoms with Crippen LogP contribution in [-0.4, -0.2) is 8.18 Å². The summed E-state index contributed by atoms with van der Waals surface area (Å²) in [6, 6.07) is 6.87. The lowest BCUT2D eigenvalue weighted by molar-refractivity contribution is -0.384. The lowest BCUT2D eigenvalue weighted by Gasteiger charge is -2.09. The number of benzene rings is 1. The topological polar surface area (TPSA) is 43.1 Å². The van der Waals surface area contributed by atoms with Crippen molar-refractivity contribution in [1.82, 2.24) is 0 Å². The van der Waals surface area contributed by atoms with E-state index in [9.17, 15) is 10.1 Å². The zero-order chi connectivity index (χ0) is 16.2. The highest BCUT2D eigenvalue weighted by atomic mass is 127. The molecule has 0 spiro atoms. The van der Waals surface area contributed by atoms with Gasteiger partial charge in [-0.2, -0.15) is 0 Å². The SMILES string of the molecule is CCCCCCCCCCC(I)Sc1ccc([N+](=O)[O-])cc1. The summed E-state index contributed by atoms with van der Waals surface area (Å²) in [4.78, 5) is 11.4. The molecule has 0 heterocycles. The Labute approximate surface area is 151 Å². The van der Waals surface area contributed by atoms with Gasteiger partial charge < -0.3 is 0 Å². The Morgan fingerprint density at radius 3 is 2.14 bits per heavy atom. The first-order valence-corrected chi connectivity index (χ1v) is 10.3. The van der Waals surface area contributed by atoms with Crippen LogP contribution >= 0.6 is 34.4 Å². The van der Waals surface area contributed by atoms with Gasteiger partial charge >= 0.3 is 0 Å². The second-order valence-electron chi connectivity index (χ2n) is 5.54. The number of nitro groups is 1. The van der Waals surface area contributed by atoms with E-state index in [-0.39, 0.29) is 10.6 Å². The van der Waals surface area contributed by atoms with Crippen molar-refractivity contribution in [1.29, 1.82) is 0 Å². The van der Waals surface area contributed by atoms with Gasteiger partial charge in [0.2, 0.25) is 0 Å². The van der Waals surface area contributed by atoms with E-state index in [1.807, 2.05) is 12.1 Å². The fourth-order valence-corrected chi connectivity index (χ4v) is 4.49. The first-order chi connectivity index (χ1) is 10.6. The fraction of sp³-hybridized carbons (Fsp3) is 0.647. The van der Waals surface area contributed by atoms with Crippen molar-refractivity contribution in [3.63, 3.8) is 0 Å². The van der Waals surface area contributed by atoms with E-state index in [0.29, 0.717) is 3.26 Å². The molecular weight excluding hydrogens is 409 g/mol. The summed E-state index contributed by atoms with van der Waals surface area (Å²) in [6.45, 7) is 2.25. The maximum Gasteiger partial charge on any atom is 0.269 e. The second kappa shape index (κ2) is 12.2. The van der Waals surface area contributed by atoms with Gasteiger partial charge in [0.05, 0.1) is 8.18 Å². The Morgan fingerprint density at radius 2 is 1.59 bits per heavy atom. The van der Waals surface area contributed by atoms with Crippen molar-refractivity contribution >= 4 is 40.0 Å². The van der Waals surface area contributed by atoms with Crippen molar-refractivity contribution in [3.05, 3.63) is 34.4 Å². The number of unbranched alkanes of at least 4 members (excludes halogenated alkanes) is 7. The second-order valence-corrected chi connectivity index (χ2v) is 9.17. The Morgan fingerprint density at radius 1 is 1.05 bits per heavy atom. The van der Waals surface area contributed by atoms with Gasteiger partial charge in [-0.1, -0.05) is 80.9 Å². The first kappa shape index (κ1) is 19.7. The van der Waals surface area contributed by atoms with Crippen LogP contribution in [0.4, 0.5) is 5.69 Å². The molecule has 0 radical (unpaired) electrons. The van der Waals surface area contributed by atoms with Crippen LogP contribution in [0.3, 0.4) is 0 Å². The number of alkyl halides is 1. The molecule has 5 heteroatoms. The average molecular weight is 435 g/mol. The van der Waals surface area contributed by atoms with Crippen LogP contribution in [0, 0.1) is 10.1 Å². The number of non-ortho nitro benzene ring substituents is 1. The zero-order valence-corrected chi connectivity index (χ0v) is 16.3. The monoisotopic (exact) mass is 435 g/mol. The van der Waals surface area contributed by atoms with E-state index >= 15 is 0 Å². The van der Waals surface area contributed by atoms with E-state index in [0.717, 1.165) is 4.90 Å². The van der Waals surface area contributed by atoms with Crippen LogP contribution in [0.1, 0.15) is 64.7 Å². The van der Waals surface area contributed by atoms with Crippen molar-refractivity contribution in [2.24, 2.45) is 0 Å². The predicted octanol–water partition coefficient (Wildman–Crippen LogP) is 6.98. The number of halogens is 1. The van der Waals surface area contributed by atoms with E-state index < -0.39 is 0 Å². The van der Waals surface area contributed by atoms with Crippen molar-refractivity contribution in [2.45, 2.75) is 72.9 Å². The van der Waals surface area contributed by atoms with E-state index in [1.54, 1.807) is 23.9 Å². The minimum absolute atomic E-state index is 0.164. The zero-order valence-electron chi connectivity index (χ0n) is 13.3. The van der Waals surface area contributed by atoms with Crippen molar-refractivity contribution in [3.8, 4) is 0 Å². The maximum atomic E-state index is 10.6. The summed E-state index contributed by atoms with van der Waals surface area (Å²) in [5.41, 5.74) is 0.164. The Balaban J connectivity index is 2.10. The fourth-order valence-electron chi connectivity index (χ4n) is 2.29. The van der Waals surface area contributed by atoms with Crippen LogP contribution in [0.25, 0.3) is 0 Å². The lowest BCUT2D eigenvalue weighted by Crippen LogP contribution is -1.92. The molecule has 0 N–H and O–H groups in total. The van der Waals surface area contributed by atoms with Gasteiger partial charge in [0, 0.05) is 17.0 Å². The molecule has 0 fully saturated rings. The molecule has 0 aliphatic heterocycles. The molecule has 1 aromatic rings. The van der Waals surface area contributed by atoms with Gasteiger partial charge in [-0.15, -0.1) is 11.8 Å². The minimum atomic E-state index is -0.351. The molecule has 0 aliphatic rings. The molecule has 1 atom stereocenters. The summed E-state index contributed by atoms with van der Waals surface area (Å²) in [5, 5.41) is 10.6. The third kappa shape index (κ3) is 8.98. The van der Waals surface area contributed by atoms with E-state index in [1.165, 1.54) is 57.8 Å². The summed E-state index contributed by atoms with van der Waals surface area (Å²) in [6.07, 6.45) is 12.0. The molecule has 1 unspecified atom stereocenters. The Kier molecular flexibility index (Phi) is 10.9. The molecular formula is C17H26INO2S. The lowest BCUT2D eigenvalue weighted by atomic mass is 10.1. The van der Waals surface area contributed by atoms with Crippen LogP contribution in [0.2, 0.25) is 0 Å². The van der Waals surface area contributed by atoms with Crippen molar-refractivity contribution < 1.29 is 4.92 Å². The average Bonchev–Trinajstić information content (AvgIpc) is 2.50. The largest absolute Gasteiger partial charge is 0.269 e. The standard InChI is InChI=1S/C17H26INO2S/c1-2-3-4-5-6-7-8-9-10-17(18)22-16-13-11-15(12-14-16)19(20)21/h11-14,17H,2-10H2,1H3. The quantitative estimate of drug-likeness (QED) is 0.0889. The van der Waals surface area contributed by atoms with E-state index in [2.05, 4.69) is 29.5 Å². The highest BCUT2D eigenvalue weighted by Crippen LogP contribution is 2.32. The Hall–Kier alpha value is -0.300. The van der Waals surface area contributed by atoms with E-state index in [4.69, 9.17) is 0 Å². The molecule has 0 amide bonds. The first-order valence-electron chi connectivity index (χ1n) is 8.18. The number of rotatable bonds is 12. The molecule has 0 bridgehead atoms. The predicted molar refractivity (Wildman–Crippen MR) is 104 cm³/mol. The van der Waals surface area contributed by atoms with Gasteiger partial charge in [0.25, 0.3) is 5.69 Å². The molecule has 3 nitrogen and oxygen atoms in total. The third-order valence-corrected chi connectivity index (χ3v) is 6.02. The molecule has 0 saturated carbocycles. The van der Waals surface area contributed by atoms with Gasteiger partial charge in [0.15, 0.2) is 0 Å². The van der Waals surface area contributed by atoms with Gasteiger partial charge in [-0.05, 0) is 18.6 Å². The molecule has 1 rings (SSSR count). The van der Waals surface area contributed by atoms with Crippen LogP contribution in [0.5, 0.6) is 0 Å². The number of thioether (sulfide) groups is 1. The molecule has 1 aromatic carbocycles. The van der Waals surface area contributed by atoms with Crippen LogP contribution in [-0.2, 0) is 0 Å². The van der Waals surface area contributed by atoms with Gasteiger partial charge in [0.1, 0.15) is 0 Å². The smallest absolute Gasteiger partial charge is 0.258 e. The molecule has 124 valence electrons. The summed E-state index contributed by atoms with van der Waals surface area (Å²) < 4.78 is 0.541. The normalized spacial score (nSPS) is 12.3. The number of hydrogen-bond acceptors (Lipinski definition) is 3. The van der Waals surface area contributed by atoms with Crippen molar-refractivity contribution in [2.75, 3.05) is 0 Å². The maximum absolute atomic E-state index is 10.6. The van der Waals surface area contributed by atoms with Gasteiger partial charge in [-0.3, -0.25) is 10.1 Å². The van der Waals surface area contributed by atoms with Crippen LogP contribution < -0.4 is 0 Å². The third-order valence-electron chi connectivity index (χ3n) is 3.60. The minimum Gasteiger partial charge on any atom is -0.258 e.